The van der Waals surface area contributed by atoms with Gasteiger partial charge in [-0.3, -0.25) is 4.79 Å². The van der Waals surface area contributed by atoms with Crippen LogP contribution in [0.3, 0.4) is 0 Å². The van der Waals surface area contributed by atoms with E-state index in [4.69, 9.17) is 33.2 Å². The Kier molecular flexibility index (Phi) is 12.9. The number of carbonyl (C=O) groups is 1. The lowest BCUT2D eigenvalue weighted by Crippen LogP contribution is -2.49. The van der Waals surface area contributed by atoms with Gasteiger partial charge >= 0.3 is 0 Å². The number of hydrogen-bond donors (Lipinski definition) is 0. The van der Waals surface area contributed by atoms with Crippen molar-refractivity contribution in [3.63, 3.8) is 0 Å². The van der Waals surface area contributed by atoms with Crippen molar-refractivity contribution in [3.05, 3.63) is 65.2 Å². The summed E-state index contributed by atoms with van der Waals surface area (Å²) in [7, 11) is 3.29. The second-order valence-electron chi connectivity index (χ2n) is 13.0. The lowest BCUT2D eigenvalue weighted by Gasteiger charge is -2.53. The predicted octanol–water partition coefficient (Wildman–Crippen LogP) is 6.80. The standard InChI is InChI=1S/C37H52O8/c1-37-17-16-30-29-13-12-28(44-25-39-2)23-32(29)36(38)31(35(30)33(37)14-15-34(37)45-26-40-3)11-7-8-18-41-19-20-42-21-22-43-24-27-9-5-4-6-10-27/h4-6,9-10,12-13,23,30-31,33-35H,7-8,11,14-22,24-26H2,1-3H3. The molecule has 45 heavy (non-hydrogen) atoms. The molecule has 5 rings (SSSR count). The van der Waals surface area contributed by atoms with Gasteiger partial charge in [0.25, 0.3) is 0 Å². The van der Waals surface area contributed by atoms with E-state index in [0.29, 0.717) is 69.9 Å². The summed E-state index contributed by atoms with van der Waals surface area (Å²) in [5.74, 6) is 2.10. The molecule has 0 aliphatic heterocycles. The number of ether oxygens (including phenoxy) is 7. The van der Waals surface area contributed by atoms with Crippen LogP contribution in [0.25, 0.3) is 0 Å². The number of rotatable bonds is 19. The minimum Gasteiger partial charge on any atom is -0.468 e. The van der Waals surface area contributed by atoms with Gasteiger partial charge in [-0.1, -0.05) is 49.7 Å². The molecular formula is C37H52O8. The molecule has 0 spiro atoms. The van der Waals surface area contributed by atoms with Crippen molar-refractivity contribution in [2.24, 2.45) is 23.2 Å². The molecule has 8 heteroatoms. The minimum atomic E-state index is -0.00908. The van der Waals surface area contributed by atoms with Gasteiger partial charge in [0.15, 0.2) is 12.6 Å². The number of carbonyl (C=O) groups excluding carboxylic acids is 1. The van der Waals surface area contributed by atoms with Gasteiger partial charge < -0.3 is 33.2 Å². The topological polar surface area (TPSA) is 81.7 Å². The molecule has 2 aromatic carbocycles. The van der Waals surface area contributed by atoms with Crippen LogP contribution in [0.15, 0.2) is 48.5 Å². The minimum absolute atomic E-state index is 0.00908. The lowest BCUT2D eigenvalue weighted by atomic mass is 9.51. The number of unbranched alkanes of at least 4 members (excludes halogenated alkanes) is 1. The van der Waals surface area contributed by atoms with E-state index >= 15 is 0 Å². The molecule has 0 aromatic heterocycles. The van der Waals surface area contributed by atoms with Crippen molar-refractivity contribution < 1.29 is 38.0 Å². The first kappa shape index (κ1) is 34.0. The highest BCUT2D eigenvalue weighted by molar-refractivity contribution is 6.01. The monoisotopic (exact) mass is 624 g/mol. The van der Waals surface area contributed by atoms with Crippen molar-refractivity contribution in [3.8, 4) is 5.75 Å². The van der Waals surface area contributed by atoms with Gasteiger partial charge in [-0.25, -0.2) is 0 Å². The van der Waals surface area contributed by atoms with E-state index in [9.17, 15) is 4.79 Å². The van der Waals surface area contributed by atoms with Gasteiger partial charge in [-0.2, -0.15) is 0 Å². The average Bonchev–Trinajstić information content (AvgIpc) is 3.40. The smallest absolute Gasteiger partial charge is 0.188 e. The van der Waals surface area contributed by atoms with Crippen LogP contribution in [0.4, 0.5) is 0 Å². The molecule has 2 fully saturated rings. The summed E-state index contributed by atoms with van der Waals surface area (Å²) in [6.45, 7) is 6.39. The third-order valence-electron chi connectivity index (χ3n) is 10.4. The highest BCUT2D eigenvalue weighted by Crippen LogP contribution is 2.63. The maximum absolute atomic E-state index is 14.2. The zero-order valence-electron chi connectivity index (χ0n) is 27.4. The van der Waals surface area contributed by atoms with E-state index < -0.39 is 0 Å². The normalized spacial score (nSPS) is 27.2. The van der Waals surface area contributed by atoms with Crippen LogP contribution in [0.2, 0.25) is 0 Å². The highest BCUT2D eigenvalue weighted by atomic mass is 16.7. The molecule has 0 bridgehead atoms. The molecule has 0 N–H and O–H groups in total. The molecule has 2 aromatic rings. The summed E-state index contributed by atoms with van der Waals surface area (Å²) in [4.78, 5) is 14.2. The SMILES string of the molecule is COCOc1ccc2c(c1)C(=O)C(CCCCOCCOCCOCc1ccccc1)C1C2CCC2(C)C(OCOC)CCC12. The summed E-state index contributed by atoms with van der Waals surface area (Å²) in [6.07, 6.45) is 7.22. The fourth-order valence-corrected chi connectivity index (χ4v) is 8.25. The van der Waals surface area contributed by atoms with Gasteiger partial charge in [0.2, 0.25) is 0 Å². The molecular weight excluding hydrogens is 572 g/mol. The predicted molar refractivity (Wildman–Crippen MR) is 171 cm³/mol. The number of ketones is 1. The molecule has 0 radical (unpaired) electrons. The van der Waals surface area contributed by atoms with Crippen molar-refractivity contribution in [1.29, 1.82) is 0 Å². The maximum Gasteiger partial charge on any atom is 0.188 e. The Labute approximate surface area is 269 Å². The molecule has 248 valence electrons. The highest BCUT2D eigenvalue weighted by Gasteiger charge is 2.58. The van der Waals surface area contributed by atoms with Crippen LogP contribution in [0.1, 0.15) is 79.3 Å². The molecule has 0 heterocycles. The van der Waals surface area contributed by atoms with E-state index in [1.165, 1.54) is 5.56 Å². The largest absolute Gasteiger partial charge is 0.468 e. The summed E-state index contributed by atoms with van der Waals surface area (Å²) in [6, 6.07) is 16.2. The Balaban J connectivity index is 1.12. The maximum atomic E-state index is 14.2. The Morgan fingerprint density at radius 2 is 1.58 bits per heavy atom. The third kappa shape index (κ3) is 8.34. The molecule has 3 aliphatic carbocycles. The third-order valence-corrected chi connectivity index (χ3v) is 10.4. The number of Topliss-reactive ketones (excluding diaryl/α,β-unsaturated/α-hetero) is 1. The Morgan fingerprint density at radius 1 is 0.822 bits per heavy atom. The summed E-state index contributed by atoms with van der Waals surface area (Å²) in [5.41, 5.74) is 3.26. The Morgan fingerprint density at radius 3 is 2.36 bits per heavy atom. The fraction of sp³-hybridized carbons (Fsp3) is 0.649. The van der Waals surface area contributed by atoms with Crippen molar-refractivity contribution in [2.45, 2.75) is 70.5 Å². The fourth-order valence-electron chi connectivity index (χ4n) is 8.25. The molecule has 6 atom stereocenters. The summed E-state index contributed by atoms with van der Waals surface area (Å²) < 4.78 is 39.5. The number of benzene rings is 2. The number of hydrogen-bond acceptors (Lipinski definition) is 8. The van der Waals surface area contributed by atoms with E-state index in [2.05, 4.69) is 25.1 Å². The second-order valence-corrected chi connectivity index (χ2v) is 13.0. The molecule has 3 aliphatic rings. The van der Waals surface area contributed by atoms with E-state index in [1.54, 1.807) is 14.2 Å². The molecule has 0 saturated heterocycles. The van der Waals surface area contributed by atoms with Gasteiger partial charge in [-0.05, 0) is 85.0 Å². The second kappa shape index (κ2) is 17.0. The lowest BCUT2D eigenvalue weighted by molar-refractivity contribution is -0.127. The van der Waals surface area contributed by atoms with E-state index in [-0.39, 0.29) is 30.0 Å². The van der Waals surface area contributed by atoms with Crippen molar-refractivity contribution in [1.82, 2.24) is 0 Å². The van der Waals surface area contributed by atoms with Crippen molar-refractivity contribution in [2.75, 3.05) is 60.8 Å². The molecule has 2 saturated carbocycles. The van der Waals surface area contributed by atoms with Gasteiger partial charge in [0.1, 0.15) is 12.5 Å². The number of fused-ring (bicyclic) bond motifs is 5. The van der Waals surface area contributed by atoms with Gasteiger partial charge in [0.05, 0.1) is 39.1 Å². The van der Waals surface area contributed by atoms with Crippen LogP contribution in [-0.2, 0) is 35.0 Å². The molecule has 6 unspecified atom stereocenters. The van der Waals surface area contributed by atoms with Gasteiger partial charge in [-0.15, -0.1) is 0 Å². The van der Waals surface area contributed by atoms with Crippen LogP contribution >= 0.6 is 0 Å². The summed E-state index contributed by atoms with van der Waals surface area (Å²) in [5, 5.41) is 0. The van der Waals surface area contributed by atoms with Crippen LogP contribution in [0, 0.1) is 23.2 Å². The average molecular weight is 625 g/mol. The van der Waals surface area contributed by atoms with Crippen LogP contribution in [0.5, 0.6) is 5.75 Å². The first-order chi connectivity index (χ1) is 22.1. The summed E-state index contributed by atoms with van der Waals surface area (Å²) >= 11 is 0. The Hall–Kier alpha value is -2.33. The van der Waals surface area contributed by atoms with Crippen LogP contribution < -0.4 is 4.74 Å². The quantitative estimate of drug-likeness (QED) is 0.125. The molecule has 8 nitrogen and oxygen atoms in total. The van der Waals surface area contributed by atoms with E-state index in [1.807, 2.05) is 30.3 Å². The van der Waals surface area contributed by atoms with E-state index in [0.717, 1.165) is 56.1 Å². The number of methoxy groups -OCH3 is 2. The first-order valence-corrected chi connectivity index (χ1v) is 16.7. The van der Waals surface area contributed by atoms with Gasteiger partial charge in [0, 0.05) is 32.3 Å². The molecule has 0 amide bonds. The zero-order valence-corrected chi connectivity index (χ0v) is 27.4. The van der Waals surface area contributed by atoms with Crippen molar-refractivity contribution >= 4 is 5.78 Å². The first-order valence-electron chi connectivity index (χ1n) is 16.7. The Bertz CT molecular complexity index is 1190. The van der Waals surface area contributed by atoms with Crippen LogP contribution in [-0.4, -0.2) is 72.7 Å². The zero-order chi connectivity index (χ0) is 31.5.